The zero-order chi connectivity index (χ0) is 29.4. The molecule has 3 aromatic rings. The summed E-state index contributed by atoms with van der Waals surface area (Å²) in [7, 11) is -1.13. The van der Waals surface area contributed by atoms with E-state index in [1.165, 1.54) is 14.1 Å². The predicted molar refractivity (Wildman–Crippen MR) is 162 cm³/mol. The number of benzene rings is 3. The van der Waals surface area contributed by atoms with Crippen LogP contribution < -0.4 is 9.62 Å². The first kappa shape index (κ1) is 30.3. The highest BCUT2D eigenvalue weighted by atomic mass is 32.2. The standard InChI is InChI=1S/C32H40N4O4S/c1-25-13-12-16-27(21-25)23-35(31(37)24-36(41(39,40)34(2)3)29-19-8-5-9-20-29)30(22-26-14-6-4-7-15-26)32(38)33-28-17-10-11-18-28/h4-9,12-16,19-21,28,30H,10-11,17-18,22-24H2,1-3H3,(H,33,38)/t30-/m0/s1. The number of nitrogens with one attached hydrogen (secondary N) is 1. The van der Waals surface area contributed by atoms with Crippen LogP contribution in [-0.2, 0) is 32.8 Å². The van der Waals surface area contributed by atoms with Crippen LogP contribution in [0.15, 0.2) is 84.9 Å². The van der Waals surface area contributed by atoms with Crippen molar-refractivity contribution in [1.82, 2.24) is 14.5 Å². The van der Waals surface area contributed by atoms with Crippen LogP contribution in [0.3, 0.4) is 0 Å². The normalized spacial score (nSPS) is 14.5. The van der Waals surface area contributed by atoms with Gasteiger partial charge in [-0.25, -0.2) is 4.31 Å². The van der Waals surface area contributed by atoms with Gasteiger partial charge >= 0.3 is 10.2 Å². The monoisotopic (exact) mass is 576 g/mol. The Morgan fingerprint density at radius 3 is 2.10 bits per heavy atom. The Kier molecular flexibility index (Phi) is 10.2. The number of hydrogen-bond acceptors (Lipinski definition) is 4. The first-order valence-corrected chi connectivity index (χ1v) is 15.5. The number of aryl methyl sites for hydroxylation is 1. The molecule has 1 aliphatic rings. The van der Waals surface area contributed by atoms with Crippen molar-refractivity contribution in [2.75, 3.05) is 24.9 Å². The third-order valence-corrected chi connectivity index (χ3v) is 9.29. The molecule has 1 saturated carbocycles. The highest BCUT2D eigenvalue weighted by molar-refractivity contribution is 7.90. The van der Waals surface area contributed by atoms with E-state index >= 15 is 0 Å². The summed E-state index contributed by atoms with van der Waals surface area (Å²) in [5.41, 5.74) is 3.19. The van der Waals surface area contributed by atoms with Crippen molar-refractivity contribution >= 4 is 27.7 Å². The average molecular weight is 577 g/mol. The summed E-state index contributed by atoms with van der Waals surface area (Å²) in [5, 5.41) is 3.19. The second-order valence-corrected chi connectivity index (χ2v) is 12.9. The lowest BCUT2D eigenvalue weighted by molar-refractivity contribution is -0.140. The zero-order valence-corrected chi connectivity index (χ0v) is 24.9. The van der Waals surface area contributed by atoms with Gasteiger partial charge in [0.25, 0.3) is 0 Å². The van der Waals surface area contributed by atoms with Crippen LogP contribution >= 0.6 is 0 Å². The van der Waals surface area contributed by atoms with Crippen molar-refractivity contribution in [3.8, 4) is 0 Å². The predicted octanol–water partition coefficient (Wildman–Crippen LogP) is 4.31. The number of amides is 2. The van der Waals surface area contributed by atoms with E-state index < -0.39 is 28.7 Å². The van der Waals surface area contributed by atoms with Gasteiger partial charge in [0.1, 0.15) is 12.6 Å². The van der Waals surface area contributed by atoms with E-state index in [0.717, 1.165) is 51.0 Å². The third kappa shape index (κ3) is 7.95. The molecule has 0 radical (unpaired) electrons. The summed E-state index contributed by atoms with van der Waals surface area (Å²) in [5.74, 6) is -0.674. The molecular weight excluding hydrogens is 536 g/mol. The summed E-state index contributed by atoms with van der Waals surface area (Å²) in [6.07, 6.45) is 4.27. The van der Waals surface area contributed by atoms with Gasteiger partial charge in [0, 0.05) is 33.1 Å². The molecule has 1 N–H and O–H groups in total. The molecule has 8 nitrogen and oxygen atoms in total. The van der Waals surface area contributed by atoms with E-state index in [1.54, 1.807) is 35.2 Å². The van der Waals surface area contributed by atoms with Crippen molar-refractivity contribution in [3.63, 3.8) is 0 Å². The molecule has 0 aliphatic heterocycles. The quantitative estimate of drug-likeness (QED) is 0.348. The molecule has 1 aliphatic carbocycles. The molecule has 1 atom stereocenters. The molecule has 41 heavy (non-hydrogen) atoms. The minimum Gasteiger partial charge on any atom is -0.352 e. The van der Waals surface area contributed by atoms with Crippen molar-refractivity contribution in [2.45, 2.75) is 57.7 Å². The number of rotatable bonds is 12. The van der Waals surface area contributed by atoms with E-state index in [1.807, 2.05) is 61.5 Å². The van der Waals surface area contributed by atoms with Crippen LogP contribution in [0.25, 0.3) is 0 Å². The van der Waals surface area contributed by atoms with Crippen molar-refractivity contribution in [3.05, 3.63) is 102 Å². The lowest BCUT2D eigenvalue weighted by atomic mass is 10.0. The molecule has 4 rings (SSSR count). The van der Waals surface area contributed by atoms with Crippen molar-refractivity contribution in [2.24, 2.45) is 0 Å². The second kappa shape index (κ2) is 13.8. The Bertz CT molecular complexity index is 1410. The Morgan fingerprint density at radius 1 is 0.878 bits per heavy atom. The molecule has 2 amide bonds. The van der Waals surface area contributed by atoms with Gasteiger partial charge < -0.3 is 10.2 Å². The van der Waals surface area contributed by atoms with Gasteiger partial charge in [-0.05, 0) is 43.0 Å². The molecule has 0 saturated heterocycles. The molecule has 3 aromatic carbocycles. The highest BCUT2D eigenvalue weighted by Gasteiger charge is 2.35. The summed E-state index contributed by atoms with van der Waals surface area (Å²) in [6, 6.07) is 25.3. The number of nitrogens with zero attached hydrogens (tertiary/aromatic N) is 3. The fraction of sp³-hybridized carbons (Fsp3) is 0.375. The van der Waals surface area contributed by atoms with Crippen LogP contribution in [0.2, 0.25) is 0 Å². The molecule has 218 valence electrons. The van der Waals surface area contributed by atoms with Crippen LogP contribution in [0.4, 0.5) is 5.69 Å². The first-order valence-electron chi connectivity index (χ1n) is 14.1. The van der Waals surface area contributed by atoms with Gasteiger partial charge in [0.05, 0.1) is 5.69 Å². The van der Waals surface area contributed by atoms with Gasteiger partial charge in [0.2, 0.25) is 11.8 Å². The fourth-order valence-electron chi connectivity index (χ4n) is 5.24. The molecule has 0 unspecified atom stereocenters. The Morgan fingerprint density at radius 2 is 1.49 bits per heavy atom. The number of para-hydroxylation sites is 1. The lowest BCUT2D eigenvalue weighted by Gasteiger charge is -2.35. The van der Waals surface area contributed by atoms with Crippen LogP contribution in [0, 0.1) is 6.92 Å². The smallest absolute Gasteiger partial charge is 0.304 e. The van der Waals surface area contributed by atoms with Gasteiger partial charge in [0.15, 0.2) is 0 Å². The Labute approximate surface area is 244 Å². The summed E-state index contributed by atoms with van der Waals surface area (Å²) in [6.45, 7) is 1.70. The van der Waals surface area contributed by atoms with E-state index in [9.17, 15) is 18.0 Å². The Hall–Kier alpha value is -3.69. The van der Waals surface area contributed by atoms with Crippen molar-refractivity contribution in [1.29, 1.82) is 0 Å². The third-order valence-electron chi connectivity index (χ3n) is 7.47. The Balaban J connectivity index is 1.74. The lowest BCUT2D eigenvalue weighted by Crippen LogP contribution is -2.55. The van der Waals surface area contributed by atoms with E-state index in [2.05, 4.69) is 5.32 Å². The van der Waals surface area contributed by atoms with Gasteiger partial charge in [-0.3, -0.25) is 9.59 Å². The molecule has 0 spiro atoms. The summed E-state index contributed by atoms with van der Waals surface area (Å²) >= 11 is 0. The molecule has 0 heterocycles. The minimum atomic E-state index is -4.01. The van der Waals surface area contributed by atoms with E-state index in [0.29, 0.717) is 12.1 Å². The molecule has 0 aromatic heterocycles. The van der Waals surface area contributed by atoms with Gasteiger partial charge in [-0.1, -0.05) is 91.2 Å². The second-order valence-electron chi connectivity index (χ2n) is 10.8. The molecule has 0 bridgehead atoms. The minimum absolute atomic E-state index is 0.0756. The zero-order valence-electron chi connectivity index (χ0n) is 24.1. The summed E-state index contributed by atoms with van der Waals surface area (Å²) in [4.78, 5) is 29.8. The van der Waals surface area contributed by atoms with E-state index in [4.69, 9.17) is 0 Å². The number of carbonyl (C=O) groups is 2. The first-order chi connectivity index (χ1) is 19.6. The molecular formula is C32H40N4O4S. The number of hydrogen-bond donors (Lipinski definition) is 1. The maximum atomic E-state index is 14.3. The maximum absolute atomic E-state index is 14.3. The van der Waals surface area contributed by atoms with Crippen molar-refractivity contribution < 1.29 is 18.0 Å². The van der Waals surface area contributed by atoms with Crippen LogP contribution in [0.1, 0.15) is 42.4 Å². The van der Waals surface area contributed by atoms with E-state index in [-0.39, 0.29) is 18.5 Å². The van der Waals surface area contributed by atoms with Crippen LogP contribution in [0.5, 0.6) is 0 Å². The van der Waals surface area contributed by atoms with Gasteiger partial charge in [-0.2, -0.15) is 12.7 Å². The molecule has 9 heteroatoms. The SMILES string of the molecule is Cc1cccc(CN(C(=O)CN(c2ccccc2)S(=O)(=O)N(C)C)[C@@H](Cc2ccccc2)C(=O)NC2CCCC2)c1. The van der Waals surface area contributed by atoms with Gasteiger partial charge in [-0.15, -0.1) is 0 Å². The number of anilines is 1. The average Bonchev–Trinajstić information content (AvgIpc) is 3.47. The largest absolute Gasteiger partial charge is 0.352 e. The topological polar surface area (TPSA) is 90.0 Å². The molecule has 1 fully saturated rings. The number of carbonyl (C=O) groups excluding carboxylic acids is 2. The maximum Gasteiger partial charge on any atom is 0.304 e. The fourth-order valence-corrected chi connectivity index (χ4v) is 6.30. The van der Waals surface area contributed by atoms with Crippen LogP contribution in [-0.4, -0.2) is 62.2 Å². The summed E-state index contributed by atoms with van der Waals surface area (Å²) < 4.78 is 29.0. The highest BCUT2D eigenvalue weighted by Crippen LogP contribution is 2.23.